The molecule has 2 amide bonds. The predicted molar refractivity (Wildman–Crippen MR) is 64.7 cm³/mol. The highest BCUT2D eigenvalue weighted by atomic mass is 16.1. The molecule has 0 bridgehead atoms. The highest BCUT2D eigenvalue weighted by molar-refractivity contribution is 6.07. The van der Waals surface area contributed by atoms with Crippen LogP contribution in [0.3, 0.4) is 0 Å². The number of carbonyl (C=O) groups excluding carboxylic acids is 2. The van der Waals surface area contributed by atoms with Crippen LogP contribution in [0.25, 0.3) is 11.3 Å². The fourth-order valence-electron chi connectivity index (χ4n) is 1.65. The Morgan fingerprint density at radius 2 is 1.61 bits per heavy atom. The standard InChI is InChI=1S/C11H10N4O2.H2O/c12-10(16)6-2-1-3-7(11(13)17)9(6)8-4-5-14-15-8;/h1-5H,(H2,12,16)(H2,13,17)(H,14,15);1H2. The first-order chi connectivity index (χ1) is 8.11. The summed E-state index contributed by atoms with van der Waals surface area (Å²) < 4.78 is 0. The highest BCUT2D eigenvalue weighted by Gasteiger charge is 2.18. The van der Waals surface area contributed by atoms with Gasteiger partial charge in [-0.25, -0.2) is 0 Å². The lowest BCUT2D eigenvalue weighted by atomic mass is 9.97. The molecule has 18 heavy (non-hydrogen) atoms. The first kappa shape index (κ1) is 13.4. The highest BCUT2D eigenvalue weighted by Crippen LogP contribution is 2.25. The molecule has 0 saturated carbocycles. The van der Waals surface area contributed by atoms with Gasteiger partial charge in [0.1, 0.15) is 0 Å². The molecule has 2 aromatic rings. The van der Waals surface area contributed by atoms with Crippen LogP contribution >= 0.6 is 0 Å². The largest absolute Gasteiger partial charge is 0.412 e. The van der Waals surface area contributed by atoms with E-state index in [0.29, 0.717) is 11.3 Å². The van der Waals surface area contributed by atoms with Gasteiger partial charge >= 0.3 is 0 Å². The van der Waals surface area contributed by atoms with Crippen LogP contribution in [0.15, 0.2) is 30.5 Å². The molecule has 0 spiro atoms. The van der Waals surface area contributed by atoms with Gasteiger partial charge in [0.05, 0.1) is 5.69 Å². The molecule has 0 radical (unpaired) electrons. The third-order valence-corrected chi connectivity index (χ3v) is 2.37. The zero-order valence-corrected chi connectivity index (χ0v) is 9.31. The van der Waals surface area contributed by atoms with Gasteiger partial charge in [0.2, 0.25) is 11.8 Å². The van der Waals surface area contributed by atoms with Gasteiger partial charge in [-0.2, -0.15) is 5.10 Å². The van der Waals surface area contributed by atoms with Gasteiger partial charge < -0.3 is 16.9 Å². The average Bonchev–Trinajstić information content (AvgIpc) is 2.80. The molecule has 94 valence electrons. The zero-order chi connectivity index (χ0) is 12.4. The van der Waals surface area contributed by atoms with E-state index in [1.807, 2.05) is 0 Å². The van der Waals surface area contributed by atoms with Gasteiger partial charge in [-0.05, 0) is 18.2 Å². The topological polar surface area (TPSA) is 146 Å². The van der Waals surface area contributed by atoms with Gasteiger partial charge in [-0.1, -0.05) is 6.07 Å². The lowest BCUT2D eigenvalue weighted by molar-refractivity contribution is 0.0999. The number of nitrogens with one attached hydrogen (secondary N) is 1. The molecule has 0 saturated heterocycles. The molecule has 7 N–H and O–H groups in total. The molecule has 2 rings (SSSR count). The van der Waals surface area contributed by atoms with Crippen molar-refractivity contribution in [1.82, 2.24) is 10.2 Å². The average molecular weight is 248 g/mol. The molecule has 0 fully saturated rings. The number of nitrogens with zero attached hydrogens (tertiary/aromatic N) is 1. The van der Waals surface area contributed by atoms with E-state index in [0.717, 1.165) is 0 Å². The Bertz CT molecular complexity index is 546. The van der Waals surface area contributed by atoms with E-state index in [1.54, 1.807) is 12.1 Å². The molecular formula is C11H12N4O3. The Kier molecular flexibility index (Phi) is 3.80. The maximum atomic E-state index is 11.3. The van der Waals surface area contributed by atoms with E-state index in [4.69, 9.17) is 11.5 Å². The minimum Gasteiger partial charge on any atom is -0.412 e. The Morgan fingerprint density at radius 3 is 2.00 bits per heavy atom. The number of nitrogens with two attached hydrogens (primary N) is 2. The van der Waals surface area contributed by atoms with E-state index in [1.165, 1.54) is 18.3 Å². The summed E-state index contributed by atoms with van der Waals surface area (Å²) in [6.07, 6.45) is 1.51. The second kappa shape index (κ2) is 5.11. The number of benzene rings is 1. The van der Waals surface area contributed by atoms with Gasteiger partial charge in [-0.15, -0.1) is 0 Å². The van der Waals surface area contributed by atoms with Crippen LogP contribution in [0.1, 0.15) is 20.7 Å². The summed E-state index contributed by atoms with van der Waals surface area (Å²) in [5, 5.41) is 6.45. The van der Waals surface area contributed by atoms with Crippen molar-refractivity contribution in [2.75, 3.05) is 0 Å². The Morgan fingerprint density at radius 1 is 1.06 bits per heavy atom. The first-order valence-electron chi connectivity index (χ1n) is 4.83. The summed E-state index contributed by atoms with van der Waals surface area (Å²) in [7, 11) is 0. The summed E-state index contributed by atoms with van der Waals surface area (Å²) >= 11 is 0. The monoisotopic (exact) mass is 248 g/mol. The number of hydrogen-bond acceptors (Lipinski definition) is 3. The van der Waals surface area contributed by atoms with Crippen LogP contribution in [0, 0.1) is 0 Å². The summed E-state index contributed by atoms with van der Waals surface area (Å²) in [6.45, 7) is 0. The molecule has 0 unspecified atom stereocenters. The minimum absolute atomic E-state index is 0. The van der Waals surface area contributed by atoms with Gasteiger partial charge in [0.15, 0.2) is 0 Å². The maximum absolute atomic E-state index is 11.3. The van der Waals surface area contributed by atoms with Crippen LogP contribution in [-0.4, -0.2) is 27.5 Å². The van der Waals surface area contributed by atoms with Gasteiger partial charge in [0.25, 0.3) is 0 Å². The lowest BCUT2D eigenvalue weighted by Gasteiger charge is -2.08. The Hall–Kier alpha value is -2.67. The molecule has 1 heterocycles. The molecule has 7 heteroatoms. The van der Waals surface area contributed by atoms with Gasteiger partial charge in [-0.3, -0.25) is 14.7 Å². The summed E-state index contributed by atoms with van der Waals surface area (Å²) in [4.78, 5) is 22.7. The number of aromatic amines is 1. The van der Waals surface area contributed by atoms with E-state index >= 15 is 0 Å². The van der Waals surface area contributed by atoms with Crippen molar-refractivity contribution in [2.24, 2.45) is 11.5 Å². The van der Waals surface area contributed by atoms with Crippen molar-refractivity contribution in [3.63, 3.8) is 0 Å². The number of H-pyrrole nitrogens is 1. The van der Waals surface area contributed by atoms with Crippen LogP contribution in [-0.2, 0) is 0 Å². The van der Waals surface area contributed by atoms with E-state index in [-0.39, 0.29) is 16.6 Å². The normalized spacial score (nSPS) is 9.56. The Labute approximate surface area is 102 Å². The Balaban J connectivity index is 0.00000162. The van der Waals surface area contributed by atoms with E-state index in [2.05, 4.69) is 10.2 Å². The predicted octanol–water partition coefficient (Wildman–Crippen LogP) is -0.550. The second-order valence-corrected chi connectivity index (χ2v) is 3.43. The van der Waals surface area contributed by atoms with Crippen molar-refractivity contribution < 1.29 is 15.1 Å². The van der Waals surface area contributed by atoms with Crippen LogP contribution in [0.5, 0.6) is 0 Å². The summed E-state index contributed by atoms with van der Waals surface area (Å²) in [6, 6.07) is 6.25. The quantitative estimate of drug-likeness (QED) is 0.669. The molecule has 1 aromatic heterocycles. The smallest absolute Gasteiger partial charge is 0.249 e. The van der Waals surface area contributed by atoms with Crippen molar-refractivity contribution in [1.29, 1.82) is 0 Å². The van der Waals surface area contributed by atoms with Crippen LogP contribution < -0.4 is 11.5 Å². The number of rotatable bonds is 3. The molecule has 1 aromatic carbocycles. The minimum atomic E-state index is -0.627. The fraction of sp³-hybridized carbons (Fsp3) is 0. The number of amides is 2. The van der Waals surface area contributed by atoms with Crippen molar-refractivity contribution in [3.05, 3.63) is 41.6 Å². The fourth-order valence-corrected chi connectivity index (χ4v) is 1.65. The molecule has 7 nitrogen and oxygen atoms in total. The molecular weight excluding hydrogens is 236 g/mol. The third kappa shape index (κ3) is 2.20. The number of carbonyl (C=O) groups is 2. The van der Waals surface area contributed by atoms with Gasteiger partial charge in [0, 0.05) is 22.9 Å². The van der Waals surface area contributed by atoms with Crippen molar-refractivity contribution in [3.8, 4) is 11.3 Å². The van der Waals surface area contributed by atoms with Crippen LogP contribution in [0.2, 0.25) is 0 Å². The summed E-state index contributed by atoms with van der Waals surface area (Å²) in [5.41, 5.74) is 11.9. The number of hydrogen-bond donors (Lipinski definition) is 3. The van der Waals surface area contributed by atoms with Crippen LogP contribution in [0.4, 0.5) is 0 Å². The first-order valence-corrected chi connectivity index (χ1v) is 4.83. The second-order valence-electron chi connectivity index (χ2n) is 3.43. The van der Waals surface area contributed by atoms with E-state index in [9.17, 15) is 9.59 Å². The molecule has 0 aliphatic rings. The summed E-state index contributed by atoms with van der Waals surface area (Å²) in [5.74, 6) is -1.25. The molecule has 0 aliphatic carbocycles. The molecule has 0 atom stereocenters. The lowest BCUT2D eigenvalue weighted by Crippen LogP contribution is -2.18. The van der Waals surface area contributed by atoms with E-state index < -0.39 is 11.8 Å². The number of aromatic nitrogens is 2. The third-order valence-electron chi connectivity index (χ3n) is 2.37. The molecule has 0 aliphatic heterocycles. The zero-order valence-electron chi connectivity index (χ0n) is 9.31. The number of primary amides is 2. The van der Waals surface area contributed by atoms with Crippen molar-refractivity contribution in [2.45, 2.75) is 0 Å². The van der Waals surface area contributed by atoms with Crippen molar-refractivity contribution >= 4 is 11.8 Å². The maximum Gasteiger partial charge on any atom is 0.249 e. The SMILES string of the molecule is NC(=O)c1cccc(C(N)=O)c1-c1ccn[nH]1.O.